The number of ether oxygens (including phenoxy) is 1. The van der Waals surface area contributed by atoms with Gasteiger partial charge in [0.25, 0.3) is 0 Å². The van der Waals surface area contributed by atoms with Crippen LogP contribution < -0.4 is 4.90 Å². The number of halogens is 1. The van der Waals surface area contributed by atoms with Gasteiger partial charge in [-0.2, -0.15) is 4.31 Å². The van der Waals surface area contributed by atoms with Gasteiger partial charge in [-0.15, -0.1) is 0 Å². The van der Waals surface area contributed by atoms with Crippen molar-refractivity contribution in [2.24, 2.45) is 0 Å². The molecule has 0 aliphatic carbocycles. The van der Waals surface area contributed by atoms with Crippen molar-refractivity contribution in [1.82, 2.24) is 4.31 Å². The molecular weight excluding hydrogens is 412 g/mol. The third kappa shape index (κ3) is 3.74. The van der Waals surface area contributed by atoms with Crippen molar-refractivity contribution in [2.45, 2.75) is 44.2 Å². The third-order valence-electron chi connectivity index (χ3n) is 5.61. The molecule has 29 heavy (non-hydrogen) atoms. The highest BCUT2D eigenvalue weighted by molar-refractivity contribution is 7.89. The Labute approximate surface area is 176 Å². The van der Waals surface area contributed by atoms with Crippen molar-refractivity contribution in [1.29, 1.82) is 0 Å². The van der Waals surface area contributed by atoms with E-state index in [1.54, 1.807) is 17.0 Å². The molecule has 1 fully saturated rings. The van der Waals surface area contributed by atoms with Crippen LogP contribution in [0.25, 0.3) is 0 Å². The number of hydrogen-bond acceptors (Lipinski definition) is 4. The van der Waals surface area contributed by atoms with Crippen LogP contribution in [0.1, 0.15) is 29.5 Å². The Balaban J connectivity index is 1.52. The predicted octanol–water partition coefficient (Wildman–Crippen LogP) is 4.27. The molecule has 0 spiro atoms. The molecule has 6 nitrogen and oxygen atoms in total. The fourth-order valence-corrected chi connectivity index (χ4v) is 5.68. The fourth-order valence-electron chi connectivity index (χ4n) is 3.94. The number of carbonyl (C=O) groups is 1. The van der Waals surface area contributed by atoms with Gasteiger partial charge >= 0.3 is 6.09 Å². The molecule has 8 heteroatoms. The largest absolute Gasteiger partial charge is 0.444 e. The highest BCUT2D eigenvalue weighted by Gasteiger charge is 2.37. The summed E-state index contributed by atoms with van der Waals surface area (Å²) in [5.41, 5.74) is 3.79. The molecule has 1 amide bonds. The quantitative estimate of drug-likeness (QED) is 0.723. The maximum absolute atomic E-state index is 13.0. The zero-order valence-electron chi connectivity index (χ0n) is 16.4. The lowest BCUT2D eigenvalue weighted by atomic mass is 10.0. The minimum absolute atomic E-state index is 0.0997. The normalized spacial score (nSPS) is 18.4. The van der Waals surface area contributed by atoms with E-state index in [1.807, 2.05) is 32.0 Å². The second-order valence-corrected chi connectivity index (χ2v) is 9.95. The number of anilines is 1. The topological polar surface area (TPSA) is 66.9 Å². The van der Waals surface area contributed by atoms with Crippen molar-refractivity contribution in [2.75, 3.05) is 18.0 Å². The number of hydrogen-bond donors (Lipinski definition) is 0. The second kappa shape index (κ2) is 7.63. The van der Waals surface area contributed by atoms with Crippen molar-refractivity contribution in [3.8, 4) is 0 Å². The molecule has 154 valence electrons. The van der Waals surface area contributed by atoms with Crippen LogP contribution in [-0.4, -0.2) is 37.9 Å². The fraction of sp³-hybridized carbons (Fsp3) is 0.381. The Morgan fingerprint density at radius 1 is 1.07 bits per heavy atom. The molecule has 0 aromatic heterocycles. The Hall–Kier alpha value is -2.09. The molecule has 2 aromatic carbocycles. The molecule has 0 N–H and O–H groups in total. The Morgan fingerprint density at radius 2 is 1.79 bits per heavy atom. The summed E-state index contributed by atoms with van der Waals surface area (Å²) in [6, 6.07) is 10.6. The third-order valence-corrected chi connectivity index (χ3v) is 7.91. The zero-order valence-corrected chi connectivity index (χ0v) is 18.0. The summed E-state index contributed by atoms with van der Waals surface area (Å²) in [5.74, 6) is 0. The lowest BCUT2D eigenvalue weighted by molar-refractivity contribution is 0.135. The number of benzene rings is 2. The summed E-state index contributed by atoms with van der Waals surface area (Å²) in [5, 5.41) is 0.434. The highest BCUT2D eigenvalue weighted by atomic mass is 35.5. The Morgan fingerprint density at radius 3 is 2.48 bits per heavy atom. The second-order valence-electron chi connectivity index (χ2n) is 7.60. The first kappa shape index (κ1) is 20.2. The number of amides is 1. The van der Waals surface area contributed by atoms with Crippen LogP contribution in [-0.2, 0) is 21.4 Å². The number of aryl methyl sites for hydroxylation is 2. The van der Waals surface area contributed by atoms with Gasteiger partial charge < -0.3 is 4.74 Å². The van der Waals surface area contributed by atoms with Crippen molar-refractivity contribution in [3.05, 3.63) is 58.1 Å². The lowest BCUT2D eigenvalue weighted by Gasteiger charge is -2.39. The van der Waals surface area contributed by atoms with Crippen LogP contribution in [0, 0.1) is 13.8 Å². The van der Waals surface area contributed by atoms with Crippen LogP contribution in [0.3, 0.4) is 0 Å². The number of piperidine rings is 1. The molecule has 0 saturated carbocycles. The molecule has 2 aliphatic rings. The smallest absolute Gasteiger partial charge is 0.414 e. The highest BCUT2D eigenvalue weighted by Crippen LogP contribution is 2.33. The monoisotopic (exact) mass is 434 g/mol. The van der Waals surface area contributed by atoms with Gasteiger partial charge in [-0.3, -0.25) is 4.90 Å². The molecular formula is C21H23ClN2O4S. The molecule has 0 radical (unpaired) electrons. The molecule has 2 heterocycles. The van der Waals surface area contributed by atoms with E-state index in [4.69, 9.17) is 16.3 Å². The number of carbonyl (C=O) groups excluding carboxylic acids is 1. The summed E-state index contributed by atoms with van der Waals surface area (Å²) < 4.78 is 32.8. The van der Waals surface area contributed by atoms with Crippen LogP contribution in [0.2, 0.25) is 5.02 Å². The summed E-state index contributed by atoms with van der Waals surface area (Å²) >= 11 is 6.12. The van der Waals surface area contributed by atoms with Crippen LogP contribution >= 0.6 is 11.6 Å². The number of cyclic esters (lactones) is 1. The maximum Gasteiger partial charge on any atom is 0.414 e. The van der Waals surface area contributed by atoms with Crippen molar-refractivity contribution < 1.29 is 17.9 Å². The van der Waals surface area contributed by atoms with E-state index in [2.05, 4.69) is 0 Å². The first-order valence-electron chi connectivity index (χ1n) is 9.59. The average molecular weight is 435 g/mol. The molecule has 0 atom stereocenters. The van der Waals surface area contributed by atoms with Crippen molar-refractivity contribution in [3.63, 3.8) is 0 Å². The molecule has 0 bridgehead atoms. The molecule has 1 saturated heterocycles. The van der Waals surface area contributed by atoms with Gasteiger partial charge in [-0.1, -0.05) is 35.4 Å². The number of fused-ring (bicyclic) bond motifs is 1. The summed E-state index contributed by atoms with van der Waals surface area (Å²) in [4.78, 5) is 14.4. The van der Waals surface area contributed by atoms with E-state index in [9.17, 15) is 13.2 Å². The first-order chi connectivity index (χ1) is 13.8. The van der Waals surface area contributed by atoms with Gasteiger partial charge in [0.15, 0.2) is 0 Å². The minimum Gasteiger partial charge on any atom is -0.444 e. The number of nitrogens with zero attached hydrogens (tertiary/aromatic N) is 2. The van der Waals surface area contributed by atoms with Gasteiger partial charge in [0.1, 0.15) is 6.61 Å². The predicted molar refractivity (Wildman–Crippen MR) is 112 cm³/mol. The Kier molecular flexibility index (Phi) is 5.31. The molecule has 4 rings (SSSR count). The molecule has 2 aromatic rings. The molecule has 0 unspecified atom stereocenters. The SMILES string of the molecule is Cc1ccc2c(c1)COC(=O)N2C1CCN(S(=O)(=O)c2ccc(C)c(Cl)c2)CC1. The van der Waals surface area contributed by atoms with E-state index >= 15 is 0 Å². The van der Waals surface area contributed by atoms with E-state index in [0.717, 1.165) is 22.4 Å². The summed E-state index contributed by atoms with van der Waals surface area (Å²) in [6.07, 6.45) is 0.718. The van der Waals surface area contributed by atoms with E-state index in [1.165, 1.54) is 10.4 Å². The Bertz CT molecular complexity index is 1060. The lowest BCUT2D eigenvalue weighted by Crippen LogP contribution is -2.50. The number of sulfonamides is 1. The van der Waals surface area contributed by atoms with Gasteiger partial charge in [0.2, 0.25) is 10.0 Å². The standard InChI is InChI=1S/C21H23ClN2O4S/c1-14-3-6-20-16(11-14)13-28-21(25)24(20)17-7-9-23(10-8-17)29(26,27)18-5-4-15(2)19(22)12-18/h3-6,11-12,17H,7-10,13H2,1-2H3. The molecule has 2 aliphatic heterocycles. The average Bonchev–Trinajstić information content (AvgIpc) is 2.70. The number of rotatable bonds is 3. The van der Waals surface area contributed by atoms with Crippen LogP contribution in [0.5, 0.6) is 0 Å². The summed E-state index contributed by atoms with van der Waals surface area (Å²) in [7, 11) is -3.62. The van der Waals surface area contributed by atoms with Gasteiger partial charge in [-0.25, -0.2) is 13.2 Å². The van der Waals surface area contributed by atoms with Gasteiger partial charge in [0.05, 0.1) is 10.6 Å². The van der Waals surface area contributed by atoms with E-state index < -0.39 is 10.0 Å². The minimum atomic E-state index is -3.62. The zero-order chi connectivity index (χ0) is 20.8. The van der Waals surface area contributed by atoms with E-state index in [0.29, 0.717) is 31.0 Å². The maximum atomic E-state index is 13.0. The van der Waals surface area contributed by atoms with Crippen molar-refractivity contribution >= 4 is 33.4 Å². The van der Waals surface area contributed by atoms with Gasteiger partial charge in [0, 0.05) is 29.7 Å². The van der Waals surface area contributed by atoms with E-state index in [-0.39, 0.29) is 23.6 Å². The van der Waals surface area contributed by atoms with Gasteiger partial charge in [-0.05, 0) is 50.5 Å². The first-order valence-corrected chi connectivity index (χ1v) is 11.4. The summed E-state index contributed by atoms with van der Waals surface area (Å²) in [6.45, 7) is 4.78. The van der Waals surface area contributed by atoms with Crippen LogP contribution in [0.4, 0.5) is 10.5 Å². The van der Waals surface area contributed by atoms with Crippen LogP contribution in [0.15, 0.2) is 41.3 Å².